The van der Waals surface area contributed by atoms with Crippen LogP contribution < -0.4 is 0 Å². The van der Waals surface area contributed by atoms with Crippen LogP contribution in [0.5, 0.6) is 0 Å². The zero-order valence-electron chi connectivity index (χ0n) is 67.0. The Morgan fingerprint density at radius 2 is 0.495 bits per heavy atom. The second kappa shape index (κ2) is 80.7. The van der Waals surface area contributed by atoms with Crippen molar-refractivity contribution in [2.45, 2.75) is 347 Å². The van der Waals surface area contributed by atoms with Crippen molar-refractivity contribution in [3.8, 4) is 0 Å². The van der Waals surface area contributed by atoms with Crippen LogP contribution in [0.15, 0.2) is 158 Å². The summed E-state index contributed by atoms with van der Waals surface area (Å²) in [5.41, 5.74) is 0. The molecule has 0 saturated carbocycles. The van der Waals surface area contributed by atoms with Gasteiger partial charge in [0.15, 0.2) is 6.10 Å². The first-order valence-corrected chi connectivity index (χ1v) is 44.8. The Morgan fingerprint density at radius 3 is 0.785 bits per heavy atom. The average Bonchev–Trinajstić information content (AvgIpc) is 0.918. The molecule has 0 heterocycles. The molecule has 0 aliphatic carbocycles. The smallest absolute Gasteiger partial charge is 0.463 e. The van der Waals surface area contributed by atoms with E-state index in [9.17, 15) is 43.5 Å². The van der Waals surface area contributed by atoms with Gasteiger partial charge in [0.1, 0.15) is 25.4 Å². The predicted molar refractivity (Wildman–Crippen MR) is 445 cm³/mol. The van der Waals surface area contributed by atoms with Crippen LogP contribution in [-0.2, 0) is 55.8 Å². The number of rotatable bonds is 78. The molecule has 0 amide bonds. The van der Waals surface area contributed by atoms with E-state index in [1.165, 1.54) is 103 Å². The maximum absolute atomic E-state index is 13.0. The summed E-state index contributed by atoms with van der Waals surface area (Å²) in [5, 5.41) is 20.7. The number of unbranched alkanes of at least 4 members (excludes halogenated alkanes) is 29. The fraction of sp³-hybridized carbons (Fsp3) is 0.674. The van der Waals surface area contributed by atoms with Gasteiger partial charge in [-0.2, -0.15) is 0 Å². The molecule has 0 aromatic carbocycles. The van der Waals surface area contributed by atoms with Gasteiger partial charge < -0.3 is 34.2 Å². The molecule has 0 aromatic heterocycles. The van der Waals surface area contributed by atoms with Crippen molar-refractivity contribution in [3.05, 3.63) is 158 Å². The van der Waals surface area contributed by atoms with E-state index in [1.807, 2.05) is 0 Å². The van der Waals surface area contributed by atoms with Gasteiger partial charge in [-0.3, -0.25) is 32.5 Å². The minimum absolute atomic E-state index is 0.0788. The van der Waals surface area contributed by atoms with Gasteiger partial charge in [0.2, 0.25) is 0 Å². The van der Waals surface area contributed by atoms with Crippen LogP contribution in [-0.4, -0.2) is 95.9 Å². The first-order chi connectivity index (χ1) is 52.2. The molecule has 0 fully saturated rings. The lowest BCUT2D eigenvalue weighted by Gasteiger charge is -2.21. The molecule has 16 nitrogen and oxygen atoms in total. The summed E-state index contributed by atoms with van der Waals surface area (Å²) in [6, 6.07) is 0. The highest BCUT2D eigenvalue weighted by Gasteiger charge is 2.29. The zero-order valence-corrected chi connectivity index (χ0v) is 68.8. The molecule has 5 unspecified atom stereocenters. The Kier molecular flexibility index (Phi) is 77.0. The van der Waals surface area contributed by atoms with E-state index in [-0.39, 0.29) is 19.3 Å². The van der Waals surface area contributed by atoms with Crippen LogP contribution in [0.3, 0.4) is 0 Å². The van der Waals surface area contributed by atoms with Gasteiger partial charge in [0.05, 0.1) is 26.4 Å². The monoisotopic (exact) mass is 1540 g/mol. The third-order valence-electron chi connectivity index (χ3n) is 17.2. The summed E-state index contributed by atoms with van der Waals surface area (Å²) in [6.07, 6.45) is 101. The Balaban J connectivity index is 4.64. The van der Waals surface area contributed by atoms with Crippen molar-refractivity contribution in [2.75, 3.05) is 39.6 Å². The number of phosphoric ester groups is 2. The highest BCUT2D eigenvalue weighted by molar-refractivity contribution is 7.47. The molecule has 4 N–H and O–H groups in total. The number of hydrogen-bond acceptors (Lipinski definition) is 14. The Bertz CT molecular complexity index is 2580. The fourth-order valence-corrected chi connectivity index (χ4v) is 12.4. The van der Waals surface area contributed by atoms with E-state index in [2.05, 4.69) is 179 Å². The molecule has 0 aliphatic heterocycles. The molecule has 0 saturated heterocycles. The summed E-state index contributed by atoms with van der Waals surface area (Å²) >= 11 is 0. The molecule has 18 heteroatoms. The number of allylic oxidation sites excluding steroid dienone is 26. The number of esters is 3. The van der Waals surface area contributed by atoms with Gasteiger partial charge in [-0.15, -0.1) is 0 Å². The highest BCUT2D eigenvalue weighted by Crippen LogP contribution is 2.45. The first-order valence-electron chi connectivity index (χ1n) is 41.8. The second-order valence-corrected chi connectivity index (χ2v) is 30.4. The maximum atomic E-state index is 13.0. The molecule has 107 heavy (non-hydrogen) atoms. The van der Waals surface area contributed by atoms with Crippen molar-refractivity contribution >= 4 is 33.6 Å². The first kappa shape index (κ1) is 102. The zero-order chi connectivity index (χ0) is 78.0. The lowest BCUT2D eigenvalue weighted by Crippen LogP contribution is -2.30. The predicted octanol–water partition coefficient (Wildman–Crippen LogP) is 25.0. The fourth-order valence-electron chi connectivity index (χ4n) is 10.9. The molecule has 0 rings (SSSR count). The van der Waals surface area contributed by atoms with Crippen molar-refractivity contribution in [2.24, 2.45) is 0 Å². The Hall–Kier alpha value is -4.83. The van der Waals surface area contributed by atoms with Gasteiger partial charge in [0, 0.05) is 19.3 Å². The summed E-state index contributed by atoms with van der Waals surface area (Å²) in [7, 11) is -9.82. The molecule has 0 aliphatic rings. The summed E-state index contributed by atoms with van der Waals surface area (Å²) in [5.74, 6) is -1.62. The lowest BCUT2D eigenvalue weighted by atomic mass is 10.0. The van der Waals surface area contributed by atoms with E-state index in [4.69, 9.17) is 32.3 Å². The lowest BCUT2D eigenvalue weighted by molar-refractivity contribution is -0.161. The second-order valence-electron chi connectivity index (χ2n) is 27.5. The van der Waals surface area contributed by atoms with E-state index in [0.717, 1.165) is 167 Å². The van der Waals surface area contributed by atoms with Crippen LogP contribution in [0.2, 0.25) is 0 Å². The molecule has 5 atom stereocenters. The van der Waals surface area contributed by atoms with E-state index in [0.29, 0.717) is 19.3 Å². The van der Waals surface area contributed by atoms with Crippen molar-refractivity contribution in [1.82, 2.24) is 0 Å². The Morgan fingerprint density at radius 1 is 0.271 bits per heavy atom. The van der Waals surface area contributed by atoms with Crippen LogP contribution in [0, 0.1) is 0 Å². The maximum Gasteiger partial charge on any atom is 0.472 e. The minimum atomic E-state index is -4.95. The van der Waals surface area contributed by atoms with Gasteiger partial charge in [-0.05, 0) is 154 Å². The molecule has 612 valence electrons. The SMILES string of the molecule is CC/C=C\C/C=C\C/C=C\C/C=C\C/C=C\C/C=C\CCCCCCC(=O)OCC(COP(=O)(O)OCC(O)COP(=O)(O)OCC(O)COC(=O)CCCCCCCCCCCCCCC/C=C\C/C=C\C/C=C\C/C=C\CCCCC)OC(=O)CCCCCCCC/C=C\C/C=C\C/C=C\CCCCC. The number of ether oxygens (including phenoxy) is 3. The molecular weight excluding hydrogens is 1390 g/mol. The van der Waals surface area contributed by atoms with Gasteiger partial charge in [-0.25, -0.2) is 9.13 Å². The third kappa shape index (κ3) is 82.0. The molecule has 0 bridgehead atoms. The molecule has 0 aromatic rings. The Labute approximate surface area is 650 Å². The molecule has 0 radical (unpaired) electrons. The van der Waals surface area contributed by atoms with Crippen molar-refractivity contribution in [1.29, 1.82) is 0 Å². The number of hydrogen-bond donors (Lipinski definition) is 4. The van der Waals surface area contributed by atoms with Crippen LogP contribution in [0.25, 0.3) is 0 Å². The number of carbonyl (C=O) groups excluding carboxylic acids is 3. The third-order valence-corrected chi connectivity index (χ3v) is 19.1. The number of aliphatic hydroxyl groups excluding tert-OH is 2. The van der Waals surface area contributed by atoms with Crippen molar-refractivity contribution in [3.63, 3.8) is 0 Å². The number of aliphatic hydroxyl groups is 2. The van der Waals surface area contributed by atoms with Crippen LogP contribution >= 0.6 is 15.6 Å². The average molecular weight is 1540 g/mol. The van der Waals surface area contributed by atoms with Gasteiger partial charge in [0.25, 0.3) is 0 Å². The van der Waals surface area contributed by atoms with Crippen molar-refractivity contribution < 1.29 is 75.8 Å². The van der Waals surface area contributed by atoms with Gasteiger partial charge in [-0.1, -0.05) is 314 Å². The van der Waals surface area contributed by atoms with Crippen LogP contribution in [0.4, 0.5) is 0 Å². The molecule has 0 spiro atoms. The van der Waals surface area contributed by atoms with E-state index < -0.39 is 91.5 Å². The molecular formula is C89H150O16P2. The topological polar surface area (TPSA) is 231 Å². The summed E-state index contributed by atoms with van der Waals surface area (Å²) < 4.78 is 61.3. The minimum Gasteiger partial charge on any atom is -0.463 e. The van der Waals surface area contributed by atoms with Crippen LogP contribution in [0.1, 0.15) is 329 Å². The summed E-state index contributed by atoms with van der Waals surface area (Å²) in [4.78, 5) is 58.8. The van der Waals surface area contributed by atoms with Gasteiger partial charge >= 0.3 is 33.6 Å². The number of phosphoric acid groups is 2. The van der Waals surface area contributed by atoms with E-state index in [1.54, 1.807) is 0 Å². The standard InChI is InChI=1S/C89H150O16P2/c1-4-7-10-13-16-19-22-25-28-31-34-36-38-39-40-41-42-43-45-47-49-51-54-57-60-63-66-69-72-75-87(92)99-78-84(90)79-101-106(95,96)102-80-85(91)81-103-107(97,98)104-83-86(105-89(94)77-74-71-68-65-62-59-56-53-48-33-30-27-24-21-18-15-12-9-6-3)82-100-88(93)76-73-70-67-64-61-58-55-52-50-46-44-37-35-32-29-26-23-20-17-14-11-8-5-2/h8,11,16-21,25-30,34-37,39-40,46,48,50,53,55,58,84-86,90-91H,4-7,9-10,12-15,22-24,31-33,38,41-45,47,49,51-52,54,56-57,59-83H2,1-3H3,(H,95,96)(H,97,98)/b11-8-,19-16-,20-17-,21-18-,28-25-,29-26-,30-27-,36-34-,37-35-,40-39-,50-46-,53-48-,58-55-. The van der Waals surface area contributed by atoms with E-state index >= 15 is 0 Å². The number of carbonyl (C=O) groups is 3. The normalized spacial score (nSPS) is 14.7. The quantitative estimate of drug-likeness (QED) is 0.0146. The largest absolute Gasteiger partial charge is 0.472 e. The summed E-state index contributed by atoms with van der Waals surface area (Å²) in [6.45, 7) is 2.48. The highest BCUT2D eigenvalue weighted by atomic mass is 31.2.